The molecule has 6 atom stereocenters. The quantitative estimate of drug-likeness (QED) is 0.0813. The largest absolute Gasteiger partial charge is 0.468 e. The summed E-state index contributed by atoms with van der Waals surface area (Å²) in [4.78, 5) is 87.4. The molecule has 21 heteroatoms. The lowest BCUT2D eigenvalue weighted by Crippen LogP contribution is -2.69. The first-order valence-corrected chi connectivity index (χ1v) is 14.0. The standard InChI is InChI=1S/C28H32F3N3O15/c1-13(35)32-22-20(45-15(3)37)11-27(26(40)43-6,49-25(28(29,30)31)33-18-7-9-19(10-8-18)34(41)42)48-24(22)23(47-17(5)39)21(46-16(4)38)12-44-14(2)36/h7-10,20-24H,11-12H2,1-6H3,(H,32,35)/t20-,21+,22+,23+,24+,27?/m0/s1. The van der Waals surface area contributed by atoms with Gasteiger partial charge < -0.3 is 38.5 Å². The first-order valence-electron chi connectivity index (χ1n) is 14.0. The minimum Gasteiger partial charge on any atom is -0.464 e. The van der Waals surface area contributed by atoms with Gasteiger partial charge in [0.15, 0.2) is 12.2 Å². The molecule has 1 fully saturated rings. The third-order valence-corrected chi connectivity index (χ3v) is 6.29. The van der Waals surface area contributed by atoms with Crippen molar-refractivity contribution >= 4 is 53.0 Å². The van der Waals surface area contributed by atoms with Crippen molar-refractivity contribution in [1.82, 2.24) is 5.32 Å². The molecule has 1 N–H and O–H groups in total. The average Bonchev–Trinajstić information content (AvgIpc) is 2.97. The lowest BCUT2D eigenvalue weighted by molar-refractivity contribution is -0.384. The fourth-order valence-electron chi connectivity index (χ4n) is 4.57. The summed E-state index contributed by atoms with van der Waals surface area (Å²) in [7, 11) is 0.735. The Hall–Kier alpha value is -5.34. The summed E-state index contributed by atoms with van der Waals surface area (Å²) < 4.78 is 79.7. The summed E-state index contributed by atoms with van der Waals surface area (Å²) in [6.45, 7) is 3.78. The van der Waals surface area contributed by atoms with Crippen molar-refractivity contribution in [3.05, 3.63) is 34.4 Å². The minimum atomic E-state index is -5.50. The van der Waals surface area contributed by atoms with E-state index in [1.165, 1.54) is 0 Å². The molecule has 270 valence electrons. The summed E-state index contributed by atoms with van der Waals surface area (Å²) in [5.41, 5.74) is -1.02. The van der Waals surface area contributed by atoms with Gasteiger partial charge in [-0.1, -0.05) is 0 Å². The Morgan fingerprint density at radius 2 is 1.59 bits per heavy atom. The van der Waals surface area contributed by atoms with Crippen LogP contribution in [-0.4, -0.2) is 103 Å². The van der Waals surface area contributed by atoms with Crippen molar-refractivity contribution in [2.75, 3.05) is 13.7 Å². The van der Waals surface area contributed by atoms with Crippen LogP contribution in [0.4, 0.5) is 24.5 Å². The van der Waals surface area contributed by atoms with Crippen molar-refractivity contribution in [2.24, 2.45) is 4.99 Å². The van der Waals surface area contributed by atoms with Gasteiger partial charge in [0.25, 0.3) is 5.69 Å². The second-order valence-corrected chi connectivity index (χ2v) is 10.2. The fourth-order valence-corrected chi connectivity index (χ4v) is 4.57. The number of halogens is 3. The van der Waals surface area contributed by atoms with Crippen molar-refractivity contribution in [1.29, 1.82) is 0 Å². The molecule has 18 nitrogen and oxygen atoms in total. The van der Waals surface area contributed by atoms with Crippen LogP contribution in [0, 0.1) is 10.1 Å². The molecule has 1 saturated heterocycles. The first-order chi connectivity index (χ1) is 22.7. The normalized spacial score (nSPS) is 22.0. The number of alkyl halides is 3. The van der Waals surface area contributed by atoms with Crippen LogP contribution in [0.5, 0.6) is 0 Å². The molecule has 1 unspecified atom stereocenters. The summed E-state index contributed by atoms with van der Waals surface area (Å²) >= 11 is 0. The van der Waals surface area contributed by atoms with E-state index in [2.05, 4.69) is 10.3 Å². The van der Waals surface area contributed by atoms with E-state index >= 15 is 0 Å². The highest BCUT2D eigenvalue weighted by Crippen LogP contribution is 2.39. The van der Waals surface area contributed by atoms with Gasteiger partial charge in [-0.05, 0) is 12.1 Å². The number of carbonyl (C=O) groups is 6. The Kier molecular flexibility index (Phi) is 13.5. The summed E-state index contributed by atoms with van der Waals surface area (Å²) in [6.07, 6.45) is -14.4. The van der Waals surface area contributed by atoms with Crippen molar-refractivity contribution in [3.63, 3.8) is 0 Å². The number of hydrogen-bond donors (Lipinski definition) is 1. The van der Waals surface area contributed by atoms with Gasteiger partial charge in [-0.25, -0.2) is 9.79 Å². The number of hydrogen-bond acceptors (Lipinski definition) is 16. The Labute approximate surface area is 275 Å². The van der Waals surface area contributed by atoms with Gasteiger partial charge in [-0.2, -0.15) is 13.2 Å². The average molecular weight is 708 g/mol. The molecule has 1 aromatic carbocycles. The van der Waals surface area contributed by atoms with Gasteiger partial charge in [-0.3, -0.25) is 34.1 Å². The third kappa shape index (κ3) is 11.4. The number of nitro groups is 1. The second-order valence-electron chi connectivity index (χ2n) is 10.2. The van der Waals surface area contributed by atoms with E-state index in [9.17, 15) is 52.1 Å². The Morgan fingerprint density at radius 3 is 2.04 bits per heavy atom. The van der Waals surface area contributed by atoms with Crippen molar-refractivity contribution in [2.45, 2.75) is 83.5 Å². The predicted molar refractivity (Wildman–Crippen MR) is 152 cm³/mol. The molecular weight excluding hydrogens is 675 g/mol. The number of non-ortho nitro benzene ring substituents is 1. The Balaban J connectivity index is 2.90. The maximum Gasteiger partial charge on any atom is 0.468 e. The maximum absolute atomic E-state index is 14.4. The van der Waals surface area contributed by atoms with E-state index in [0.717, 1.165) is 66.0 Å². The van der Waals surface area contributed by atoms with Gasteiger partial charge in [0.1, 0.15) is 18.8 Å². The number of methoxy groups -OCH3 is 1. The molecule has 1 amide bonds. The number of esters is 5. The number of rotatable bonds is 12. The molecule has 0 radical (unpaired) electrons. The number of ether oxygens (including phenoxy) is 7. The summed E-state index contributed by atoms with van der Waals surface area (Å²) in [6, 6.07) is 1.68. The van der Waals surface area contributed by atoms with Crippen LogP contribution in [0.1, 0.15) is 41.0 Å². The van der Waals surface area contributed by atoms with Crippen LogP contribution < -0.4 is 5.32 Å². The minimum absolute atomic E-state index is 0.487. The molecule has 1 aromatic rings. The molecular formula is C28H32F3N3O15. The SMILES string of the molecule is COC(=O)C1(OC(=Nc2ccc([N+](=O)[O-])cc2)C(F)(F)F)C[C@H](OC(C)=O)[C@@H](NC(C)=O)[C@H]([C@H](OC(C)=O)[C@@H](COC(C)=O)OC(C)=O)O1. The summed E-state index contributed by atoms with van der Waals surface area (Å²) in [5, 5.41) is 13.3. The van der Waals surface area contributed by atoms with E-state index in [0.29, 0.717) is 0 Å². The number of benzene rings is 1. The van der Waals surface area contributed by atoms with E-state index in [1.807, 2.05) is 0 Å². The van der Waals surface area contributed by atoms with Gasteiger partial charge in [0, 0.05) is 46.8 Å². The zero-order chi connectivity index (χ0) is 37.3. The molecule has 49 heavy (non-hydrogen) atoms. The predicted octanol–water partition coefficient (Wildman–Crippen LogP) is 1.72. The molecule has 0 spiro atoms. The zero-order valence-electron chi connectivity index (χ0n) is 26.8. The monoisotopic (exact) mass is 707 g/mol. The van der Waals surface area contributed by atoms with Crippen molar-refractivity contribution in [3.8, 4) is 0 Å². The van der Waals surface area contributed by atoms with Crippen LogP contribution >= 0.6 is 0 Å². The molecule has 0 aliphatic carbocycles. The van der Waals surface area contributed by atoms with Crippen LogP contribution in [-0.2, 0) is 61.9 Å². The summed E-state index contributed by atoms with van der Waals surface area (Å²) in [5.74, 6) is -12.1. The van der Waals surface area contributed by atoms with Crippen molar-refractivity contribution < 1.29 is 80.0 Å². The van der Waals surface area contributed by atoms with E-state index in [4.69, 9.17) is 33.2 Å². The molecule has 1 aliphatic rings. The number of carbonyl (C=O) groups excluding carboxylic acids is 6. The van der Waals surface area contributed by atoms with E-state index in [1.54, 1.807) is 0 Å². The third-order valence-electron chi connectivity index (χ3n) is 6.29. The highest BCUT2D eigenvalue weighted by Gasteiger charge is 2.62. The molecule has 0 saturated carbocycles. The highest BCUT2D eigenvalue weighted by atomic mass is 19.4. The van der Waals surface area contributed by atoms with Crippen LogP contribution in [0.2, 0.25) is 0 Å². The van der Waals surface area contributed by atoms with E-state index in [-0.39, 0.29) is 0 Å². The van der Waals surface area contributed by atoms with Gasteiger partial charge in [0.05, 0.1) is 30.2 Å². The lowest BCUT2D eigenvalue weighted by Gasteiger charge is -2.48. The number of nitrogens with one attached hydrogen (secondary N) is 1. The lowest BCUT2D eigenvalue weighted by atomic mass is 9.88. The van der Waals surface area contributed by atoms with Gasteiger partial charge in [0.2, 0.25) is 5.91 Å². The Bertz CT molecular complexity index is 1470. The van der Waals surface area contributed by atoms with Crippen LogP contribution in [0.25, 0.3) is 0 Å². The Morgan fingerprint density at radius 1 is 1.00 bits per heavy atom. The topological polar surface area (TPSA) is 235 Å². The van der Waals surface area contributed by atoms with Crippen LogP contribution in [0.15, 0.2) is 29.3 Å². The first kappa shape index (κ1) is 39.8. The molecule has 1 heterocycles. The fraction of sp³-hybridized carbons (Fsp3) is 0.536. The smallest absolute Gasteiger partial charge is 0.464 e. The molecule has 0 bridgehead atoms. The van der Waals surface area contributed by atoms with E-state index < -0.39 is 113 Å². The number of nitro benzene ring substituents is 1. The number of amides is 1. The van der Waals surface area contributed by atoms with Gasteiger partial charge in [-0.15, -0.1) is 0 Å². The second kappa shape index (κ2) is 16.7. The number of aliphatic imine (C=N–C) groups is 1. The maximum atomic E-state index is 14.4. The molecule has 2 rings (SSSR count). The van der Waals surface area contributed by atoms with Gasteiger partial charge >= 0.3 is 47.7 Å². The molecule has 1 aliphatic heterocycles. The highest BCUT2D eigenvalue weighted by molar-refractivity contribution is 5.89. The zero-order valence-corrected chi connectivity index (χ0v) is 26.8. The van der Waals surface area contributed by atoms with Crippen LogP contribution in [0.3, 0.4) is 0 Å². The molecule has 0 aromatic heterocycles. The number of nitrogens with zero attached hydrogens (tertiary/aromatic N) is 2.